The molecule has 3 aromatic rings. The summed E-state index contributed by atoms with van der Waals surface area (Å²) in [5.74, 6) is -0.127. The Labute approximate surface area is 218 Å². The van der Waals surface area contributed by atoms with Crippen molar-refractivity contribution in [1.29, 1.82) is 0 Å². The van der Waals surface area contributed by atoms with Crippen LogP contribution in [0.4, 0.5) is 5.69 Å². The zero-order chi connectivity index (χ0) is 27.2. The van der Waals surface area contributed by atoms with Crippen molar-refractivity contribution in [3.63, 3.8) is 0 Å². The Balaban J connectivity index is 1.58. The number of anilines is 1. The molecular weight excluding hydrogens is 490 g/mol. The maximum absolute atomic E-state index is 12.6. The Morgan fingerprint density at radius 3 is 2.49 bits per heavy atom. The van der Waals surface area contributed by atoms with Crippen molar-refractivity contribution >= 4 is 27.1 Å². The summed E-state index contributed by atoms with van der Waals surface area (Å²) in [5, 5.41) is 14.2. The molecule has 0 bridgehead atoms. The van der Waals surface area contributed by atoms with Gasteiger partial charge in [0.15, 0.2) is 5.78 Å². The topological polar surface area (TPSA) is 139 Å². The van der Waals surface area contributed by atoms with Crippen LogP contribution in [0, 0.1) is 0 Å². The minimum Gasteiger partial charge on any atom is -0.402 e. The smallest absolute Gasteiger partial charge is 0.261 e. The van der Waals surface area contributed by atoms with Gasteiger partial charge in [0.05, 0.1) is 28.6 Å². The molecular formula is C27H35N5O4S. The summed E-state index contributed by atoms with van der Waals surface area (Å²) in [6.45, 7) is 8.15. The number of carbonyl (C=O) groups excluding carboxylic acids is 1. The van der Waals surface area contributed by atoms with Gasteiger partial charge in [0.1, 0.15) is 0 Å². The Kier molecular flexibility index (Phi) is 8.90. The highest BCUT2D eigenvalue weighted by molar-refractivity contribution is 7.92. The van der Waals surface area contributed by atoms with Crippen molar-refractivity contribution in [3.05, 3.63) is 84.1 Å². The molecule has 37 heavy (non-hydrogen) atoms. The third-order valence-electron chi connectivity index (χ3n) is 5.98. The fourth-order valence-electron chi connectivity index (χ4n) is 3.88. The predicted octanol–water partition coefficient (Wildman–Crippen LogP) is 3.45. The molecule has 1 aromatic heterocycles. The summed E-state index contributed by atoms with van der Waals surface area (Å²) in [4.78, 5) is 16.4. The summed E-state index contributed by atoms with van der Waals surface area (Å²) < 4.78 is 29.7. The molecule has 0 aliphatic carbocycles. The molecule has 2 aromatic carbocycles. The van der Waals surface area contributed by atoms with E-state index in [-0.39, 0.29) is 22.8 Å². The lowest BCUT2D eigenvalue weighted by molar-refractivity contribution is -0.111. The van der Waals surface area contributed by atoms with E-state index in [4.69, 9.17) is 5.73 Å². The van der Waals surface area contributed by atoms with Crippen LogP contribution in [0.2, 0.25) is 0 Å². The highest BCUT2D eigenvalue weighted by Gasteiger charge is 2.21. The standard InChI is InChI=1S/C27H35N5O4S/c1-19(28)26(20(2)33)24-17-32(18-29-24)14-13-27(3,4)30-16-25(34)21-9-8-10-22(15-21)31-37(35,36)23-11-6-5-7-12-23/h5-12,15,17-18,25,30-31,34H,13-14,16,28H2,1-4H3. The zero-order valence-corrected chi connectivity index (χ0v) is 22.4. The van der Waals surface area contributed by atoms with Crippen molar-refractivity contribution in [1.82, 2.24) is 14.9 Å². The van der Waals surface area contributed by atoms with Crippen molar-refractivity contribution in [2.75, 3.05) is 11.3 Å². The first kappa shape index (κ1) is 28.1. The SMILES string of the molecule is CC(=O)C(=C(C)N)c1cn(CCC(C)(C)NCC(O)c2cccc(NS(=O)(=O)c3ccccc3)c2)cn1. The molecule has 0 saturated carbocycles. The molecule has 3 rings (SSSR count). The van der Waals surface area contributed by atoms with Crippen LogP contribution < -0.4 is 15.8 Å². The van der Waals surface area contributed by atoms with E-state index in [2.05, 4.69) is 15.0 Å². The molecule has 198 valence electrons. The van der Waals surface area contributed by atoms with Crippen LogP contribution in [-0.4, -0.2) is 40.9 Å². The zero-order valence-electron chi connectivity index (χ0n) is 21.6. The van der Waals surface area contributed by atoms with E-state index in [9.17, 15) is 18.3 Å². The van der Waals surface area contributed by atoms with Gasteiger partial charge in [0.25, 0.3) is 10.0 Å². The molecule has 0 aliphatic rings. The molecule has 9 nitrogen and oxygen atoms in total. The minimum atomic E-state index is -3.72. The van der Waals surface area contributed by atoms with Crippen molar-refractivity contribution in [3.8, 4) is 0 Å². The monoisotopic (exact) mass is 525 g/mol. The lowest BCUT2D eigenvalue weighted by atomic mass is 9.99. The molecule has 1 unspecified atom stereocenters. The number of hydrogen-bond acceptors (Lipinski definition) is 7. The van der Waals surface area contributed by atoms with Crippen LogP contribution in [0.15, 0.2) is 77.7 Å². The van der Waals surface area contributed by atoms with E-state index in [0.717, 1.165) is 6.42 Å². The van der Waals surface area contributed by atoms with Gasteiger partial charge in [0, 0.05) is 36.2 Å². The number of ketones is 1. The van der Waals surface area contributed by atoms with Gasteiger partial charge in [0.2, 0.25) is 0 Å². The van der Waals surface area contributed by atoms with Crippen LogP contribution in [-0.2, 0) is 21.4 Å². The van der Waals surface area contributed by atoms with Gasteiger partial charge in [-0.05, 0) is 63.9 Å². The maximum Gasteiger partial charge on any atom is 0.261 e. The number of Topliss-reactive ketones (excluding diaryl/α,β-unsaturated/α-hetero) is 1. The number of aromatic nitrogens is 2. The van der Waals surface area contributed by atoms with Gasteiger partial charge in [-0.1, -0.05) is 30.3 Å². The molecule has 10 heteroatoms. The van der Waals surface area contributed by atoms with Crippen LogP contribution >= 0.6 is 0 Å². The van der Waals surface area contributed by atoms with Crippen molar-refractivity contribution in [2.45, 2.75) is 57.2 Å². The lowest BCUT2D eigenvalue weighted by Crippen LogP contribution is -2.42. The van der Waals surface area contributed by atoms with Crippen LogP contribution in [0.25, 0.3) is 5.57 Å². The van der Waals surface area contributed by atoms with Gasteiger partial charge >= 0.3 is 0 Å². The van der Waals surface area contributed by atoms with Crippen LogP contribution in [0.3, 0.4) is 0 Å². The summed E-state index contributed by atoms with van der Waals surface area (Å²) in [6.07, 6.45) is 3.37. The minimum absolute atomic E-state index is 0.127. The summed E-state index contributed by atoms with van der Waals surface area (Å²) >= 11 is 0. The van der Waals surface area contributed by atoms with Crippen LogP contribution in [0.5, 0.6) is 0 Å². The van der Waals surface area contributed by atoms with Gasteiger partial charge in [-0.2, -0.15) is 0 Å². The number of nitrogens with one attached hydrogen (secondary N) is 2. The second kappa shape index (κ2) is 11.7. The van der Waals surface area contributed by atoms with E-state index in [0.29, 0.717) is 34.8 Å². The Morgan fingerprint density at radius 1 is 1.14 bits per heavy atom. The number of allylic oxidation sites excluding steroid dienone is 2. The van der Waals surface area contributed by atoms with E-state index < -0.39 is 16.1 Å². The molecule has 0 radical (unpaired) electrons. The molecule has 0 spiro atoms. The Hall–Kier alpha value is -3.47. The largest absolute Gasteiger partial charge is 0.402 e. The first-order valence-electron chi connectivity index (χ1n) is 12.0. The number of aliphatic hydroxyl groups is 1. The highest BCUT2D eigenvalue weighted by atomic mass is 32.2. The predicted molar refractivity (Wildman–Crippen MR) is 145 cm³/mol. The van der Waals surface area contributed by atoms with Gasteiger partial charge in [-0.15, -0.1) is 0 Å². The number of rotatable bonds is 12. The number of nitrogens with zero attached hydrogens (tertiary/aromatic N) is 2. The van der Waals surface area contributed by atoms with E-state index in [1.54, 1.807) is 61.9 Å². The highest BCUT2D eigenvalue weighted by Crippen LogP contribution is 2.22. The third-order valence-corrected chi connectivity index (χ3v) is 7.38. The Morgan fingerprint density at radius 2 is 1.84 bits per heavy atom. The summed E-state index contributed by atoms with van der Waals surface area (Å²) in [7, 11) is -3.72. The van der Waals surface area contributed by atoms with Gasteiger partial charge in [-0.25, -0.2) is 13.4 Å². The number of nitrogens with two attached hydrogens (primary N) is 1. The quantitative estimate of drug-likeness (QED) is 0.266. The summed E-state index contributed by atoms with van der Waals surface area (Å²) in [5.41, 5.74) is 7.91. The van der Waals surface area contributed by atoms with E-state index >= 15 is 0 Å². The number of carbonyl (C=O) groups is 1. The number of imidazole rings is 1. The van der Waals surface area contributed by atoms with Gasteiger partial charge in [-0.3, -0.25) is 9.52 Å². The molecule has 0 aliphatic heterocycles. The number of aliphatic hydroxyl groups excluding tert-OH is 1. The first-order chi connectivity index (χ1) is 17.4. The average Bonchev–Trinajstić information content (AvgIpc) is 3.29. The fraction of sp³-hybridized carbons (Fsp3) is 0.333. The number of hydrogen-bond donors (Lipinski definition) is 4. The number of aryl methyl sites for hydroxylation is 1. The first-order valence-corrected chi connectivity index (χ1v) is 13.5. The molecule has 5 N–H and O–H groups in total. The summed E-state index contributed by atoms with van der Waals surface area (Å²) in [6, 6.07) is 14.9. The van der Waals surface area contributed by atoms with Gasteiger partial charge < -0.3 is 20.7 Å². The third kappa shape index (κ3) is 7.75. The van der Waals surface area contributed by atoms with Crippen molar-refractivity contribution < 1.29 is 18.3 Å². The number of β-amino-alcohol motifs (C(OH)–C–C–N with tert-alkyl or cyclic N) is 1. The second-order valence-electron chi connectivity index (χ2n) is 9.69. The molecule has 1 atom stereocenters. The van der Waals surface area contributed by atoms with E-state index in [1.165, 1.54) is 19.1 Å². The lowest BCUT2D eigenvalue weighted by Gasteiger charge is -2.28. The van der Waals surface area contributed by atoms with E-state index in [1.807, 2.05) is 18.4 Å². The molecule has 0 fully saturated rings. The fourth-order valence-corrected chi connectivity index (χ4v) is 4.95. The molecule has 0 amide bonds. The number of benzene rings is 2. The van der Waals surface area contributed by atoms with Crippen LogP contribution in [0.1, 0.15) is 51.5 Å². The molecule has 1 heterocycles. The normalized spacial score (nSPS) is 13.6. The average molecular weight is 526 g/mol. The maximum atomic E-state index is 12.6. The van der Waals surface area contributed by atoms with Crippen molar-refractivity contribution in [2.24, 2.45) is 5.73 Å². The second-order valence-corrected chi connectivity index (χ2v) is 11.4. The number of sulfonamides is 1. The Bertz CT molecular complexity index is 1360. The molecule has 0 saturated heterocycles.